The van der Waals surface area contributed by atoms with Crippen molar-refractivity contribution in [1.29, 1.82) is 0 Å². The Kier molecular flexibility index (Phi) is 6.99. The molecule has 0 spiro atoms. The van der Waals surface area contributed by atoms with Crippen LogP contribution in [0, 0.1) is 29.1 Å². The molecule has 0 amide bonds. The molecule has 37 heavy (non-hydrogen) atoms. The van der Waals surface area contributed by atoms with Gasteiger partial charge in [-0.2, -0.15) is 0 Å². The largest absolute Gasteiger partial charge is 0.480 e. The number of carbonyl (C=O) groups excluding carboxylic acids is 2. The second-order valence-electron chi connectivity index (χ2n) is 11.9. The third-order valence-electron chi connectivity index (χ3n) is 9.35. The fraction of sp³-hybridized carbons (Fsp3) is 0.741. The van der Waals surface area contributed by atoms with Crippen molar-refractivity contribution in [3.05, 3.63) is 23.3 Å². The predicted molar refractivity (Wildman–Crippen MR) is 131 cm³/mol. The molecule has 0 bridgehead atoms. The summed E-state index contributed by atoms with van der Waals surface area (Å²) in [4.78, 5) is 36.1. The van der Waals surface area contributed by atoms with Crippen molar-refractivity contribution >= 4 is 17.7 Å². The molecular weight excluding hydrogens is 482 g/mol. The minimum absolute atomic E-state index is 0.0533. The minimum atomic E-state index is -1.78. The van der Waals surface area contributed by atoms with E-state index >= 15 is 0 Å². The van der Waals surface area contributed by atoms with Gasteiger partial charge in [-0.15, -0.1) is 0 Å². The average Bonchev–Trinajstić information content (AvgIpc) is 3.19. The second kappa shape index (κ2) is 9.27. The number of carboxylic acids is 1. The Hall–Kier alpha value is -2.11. The van der Waals surface area contributed by atoms with Crippen molar-refractivity contribution < 1.29 is 43.9 Å². The molecule has 4 aliphatic rings. The molecule has 2 fully saturated rings. The highest BCUT2D eigenvalue weighted by Gasteiger charge is 2.83. The highest BCUT2D eigenvalue weighted by Crippen LogP contribution is 2.76. The highest BCUT2D eigenvalue weighted by atomic mass is 16.7. The molecular formula is C27H39NO9. The zero-order valence-corrected chi connectivity index (χ0v) is 22.2. The number of nitrogens with two attached hydrogens (primary N) is 1. The van der Waals surface area contributed by atoms with Crippen LogP contribution in [-0.4, -0.2) is 75.9 Å². The normalized spacial score (nSPS) is 40.4. The zero-order valence-electron chi connectivity index (χ0n) is 22.2. The lowest BCUT2D eigenvalue weighted by atomic mass is 9.60. The first-order chi connectivity index (χ1) is 17.1. The third-order valence-corrected chi connectivity index (χ3v) is 9.35. The predicted octanol–water partition coefficient (Wildman–Crippen LogP) is 1.33. The topological polar surface area (TPSA) is 166 Å². The van der Waals surface area contributed by atoms with Crippen molar-refractivity contribution in [3.8, 4) is 0 Å². The first kappa shape index (κ1) is 27.9. The molecule has 0 aromatic rings. The van der Waals surface area contributed by atoms with E-state index in [-0.39, 0.29) is 50.0 Å². The van der Waals surface area contributed by atoms with E-state index in [0.717, 1.165) is 5.57 Å². The molecule has 0 aromatic carbocycles. The first-order valence-corrected chi connectivity index (χ1v) is 12.8. The maximum atomic E-state index is 13.2. The van der Waals surface area contributed by atoms with E-state index in [0.29, 0.717) is 18.4 Å². The van der Waals surface area contributed by atoms with Gasteiger partial charge in [-0.1, -0.05) is 38.5 Å². The third kappa shape index (κ3) is 4.17. The molecule has 4 aliphatic carbocycles. The van der Waals surface area contributed by atoms with Crippen molar-refractivity contribution in [2.45, 2.75) is 76.7 Å². The van der Waals surface area contributed by atoms with Gasteiger partial charge in [0.1, 0.15) is 24.0 Å². The molecule has 0 saturated heterocycles. The molecule has 0 aliphatic heterocycles. The maximum Gasteiger partial charge on any atom is 0.322 e. The summed E-state index contributed by atoms with van der Waals surface area (Å²) in [7, 11) is 0. The summed E-state index contributed by atoms with van der Waals surface area (Å²) in [6.07, 6.45) is 4.53. The van der Waals surface area contributed by atoms with Crippen molar-refractivity contribution in [1.82, 2.24) is 0 Å². The number of fused-ring (bicyclic) bond motifs is 5. The summed E-state index contributed by atoms with van der Waals surface area (Å²) in [6, 6.07) is -1.14. The van der Waals surface area contributed by atoms with Crippen LogP contribution in [0.4, 0.5) is 0 Å². The molecule has 10 heteroatoms. The Morgan fingerprint density at radius 3 is 2.51 bits per heavy atom. The second-order valence-corrected chi connectivity index (χ2v) is 11.9. The Balaban J connectivity index is 1.61. The Bertz CT molecular complexity index is 1050. The van der Waals surface area contributed by atoms with Gasteiger partial charge >= 0.3 is 11.9 Å². The van der Waals surface area contributed by atoms with E-state index in [9.17, 15) is 24.6 Å². The number of esters is 1. The molecule has 0 unspecified atom stereocenters. The lowest BCUT2D eigenvalue weighted by molar-refractivity contribution is -0.186. The van der Waals surface area contributed by atoms with E-state index in [1.807, 2.05) is 26.8 Å². The average molecular weight is 522 g/mol. The Labute approximate surface area is 216 Å². The molecule has 0 heterocycles. The van der Waals surface area contributed by atoms with Crippen molar-refractivity contribution in [2.24, 2.45) is 34.8 Å². The minimum Gasteiger partial charge on any atom is -0.480 e. The number of hydrogen-bond donors (Lipinski definition) is 4. The number of aliphatic carboxylic acids is 1. The van der Waals surface area contributed by atoms with E-state index in [1.54, 1.807) is 13.0 Å². The lowest BCUT2D eigenvalue weighted by Crippen LogP contribution is -2.61. The summed E-state index contributed by atoms with van der Waals surface area (Å²) in [6.45, 7) is 8.87. The van der Waals surface area contributed by atoms with Crippen LogP contribution in [-0.2, 0) is 28.6 Å². The monoisotopic (exact) mass is 521 g/mol. The van der Waals surface area contributed by atoms with Crippen LogP contribution < -0.4 is 5.73 Å². The first-order valence-electron chi connectivity index (χ1n) is 12.8. The molecule has 10 nitrogen and oxygen atoms in total. The van der Waals surface area contributed by atoms with Crippen molar-refractivity contribution in [2.75, 3.05) is 20.0 Å². The van der Waals surface area contributed by atoms with E-state index < -0.39 is 46.1 Å². The van der Waals surface area contributed by atoms with E-state index in [2.05, 4.69) is 0 Å². The van der Waals surface area contributed by atoms with Gasteiger partial charge < -0.3 is 35.3 Å². The van der Waals surface area contributed by atoms with Gasteiger partial charge in [0, 0.05) is 36.5 Å². The molecule has 5 N–H and O–H groups in total. The molecule has 2 saturated carbocycles. The number of ether oxygens (including phenoxy) is 3. The van der Waals surface area contributed by atoms with Gasteiger partial charge in [0.15, 0.2) is 5.78 Å². The smallest absolute Gasteiger partial charge is 0.322 e. The zero-order chi connectivity index (χ0) is 27.6. The van der Waals surface area contributed by atoms with Gasteiger partial charge in [0.2, 0.25) is 0 Å². The van der Waals surface area contributed by atoms with Crippen LogP contribution in [0.5, 0.6) is 0 Å². The van der Waals surface area contributed by atoms with Gasteiger partial charge in [-0.25, -0.2) is 0 Å². The molecule has 8 atom stereocenters. The number of rotatable bonds is 9. The molecule has 0 radical (unpaired) electrons. The summed E-state index contributed by atoms with van der Waals surface area (Å²) < 4.78 is 16.6. The number of carboxylic acid groups (broad SMARTS) is 1. The SMILES string of the molecule is CC(=O)O[C@@]12C[C@@H](C)[C@@]3(O)[C@@H](C=C(CCOCOC[C@H](N)C(=O)O)C[C@]4(O)C(=O)C(C)=C[C@@H]34)[C@@H]1C2(C)C. The number of hydrogen-bond acceptors (Lipinski definition) is 9. The van der Waals surface area contributed by atoms with Crippen LogP contribution >= 0.6 is 0 Å². The number of aliphatic hydroxyl groups is 2. The molecule has 0 aromatic heterocycles. The van der Waals surface area contributed by atoms with Gasteiger partial charge in [0.05, 0.1) is 18.8 Å². The van der Waals surface area contributed by atoms with Gasteiger partial charge in [0.25, 0.3) is 0 Å². The Morgan fingerprint density at radius 1 is 1.22 bits per heavy atom. The van der Waals surface area contributed by atoms with Crippen LogP contribution in [0.1, 0.15) is 53.9 Å². The summed E-state index contributed by atoms with van der Waals surface area (Å²) in [5.41, 5.74) is 2.28. The summed E-state index contributed by atoms with van der Waals surface area (Å²) in [5.74, 6) is -3.73. The van der Waals surface area contributed by atoms with Crippen LogP contribution in [0.2, 0.25) is 0 Å². The van der Waals surface area contributed by atoms with E-state index in [4.69, 9.17) is 25.1 Å². The quantitative estimate of drug-likeness (QED) is 0.150. The standard InChI is InChI=1S/C27H39NO9/c1-14-8-20-25(33,22(14)30)11-17(6-7-35-13-36-12-19(28)23(31)32)9-18-21-24(4,5)26(21,37-16(3)29)10-15(2)27(18,20)34/h8-9,15,18-21,33-34H,6-7,10-13,28H2,1-5H3,(H,31,32)/t15-,18+,19+,20-,21-,25-,26+,27-/m1/s1. The van der Waals surface area contributed by atoms with Gasteiger partial charge in [-0.05, 0) is 31.3 Å². The fourth-order valence-electron chi connectivity index (χ4n) is 7.48. The summed E-state index contributed by atoms with van der Waals surface area (Å²) in [5, 5.41) is 33.0. The van der Waals surface area contributed by atoms with Crippen LogP contribution in [0.15, 0.2) is 23.3 Å². The lowest BCUT2D eigenvalue weighted by Gasteiger charge is -2.50. The van der Waals surface area contributed by atoms with Crippen LogP contribution in [0.25, 0.3) is 0 Å². The summed E-state index contributed by atoms with van der Waals surface area (Å²) >= 11 is 0. The van der Waals surface area contributed by atoms with Crippen LogP contribution in [0.3, 0.4) is 0 Å². The number of ketones is 1. The molecule has 4 rings (SSSR count). The van der Waals surface area contributed by atoms with E-state index in [1.165, 1.54) is 6.92 Å². The fourth-order valence-corrected chi connectivity index (χ4v) is 7.48. The van der Waals surface area contributed by atoms with Gasteiger partial charge in [-0.3, -0.25) is 14.4 Å². The van der Waals surface area contributed by atoms with Crippen molar-refractivity contribution in [3.63, 3.8) is 0 Å². The highest BCUT2D eigenvalue weighted by molar-refractivity contribution is 6.04. The molecule has 206 valence electrons. The maximum absolute atomic E-state index is 13.2. The number of carbonyl (C=O) groups is 3. The number of Topliss-reactive ketones (excluding diaryl/α,β-unsaturated/α-hetero) is 1. The Morgan fingerprint density at radius 2 is 1.89 bits per heavy atom.